The van der Waals surface area contributed by atoms with Crippen molar-refractivity contribution >= 4 is 34.1 Å². The summed E-state index contributed by atoms with van der Waals surface area (Å²) in [7, 11) is 4.29. The van der Waals surface area contributed by atoms with Gasteiger partial charge in [0.15, 0.2) is 0 Å². The molecule has 1 aromatic carbocycles. The average Bonchev–Trinajstić information content (AvgIpc) is 2.72. The van der Waals surface area contributed by atoms with Crippen molar-refractivity contribution in [2.24, 2.45) is 0 Å². The molecule has 18 heavy (non-hydrogen) atoms. The standard InChI is InChI=1S/C14H16Cl2N2/c1-18(2)8-3-6-12-10(7-8)9-4-5-11(15)13(16)14(9)17-12/h4-5,8,17H,3,6-7H2,1-2H3/t8-/m1/s1. The van der Waals surface area contributed by atoms with Gasteiger partial charge in [0.2, 0.25) is 0 Å². The first-order chi connectivity index (χ1) is 8.58. The fraction of sp³-hybridized carbons (Fsp3) is 0.429. The number of H-pyrrole nitrogens is 1. The van der Waals surface area contributed by atoms with Gasteiger partial charge in [-0.15, -0.1) is 0 Å². The van der Waals surface area contributed by atoms with Crippen LogP contribution in [0.5, 0.6) is 0 Å². The molecule has 0 saturated carbocycles. The topological polar surface area (TPSA) is 19.0 Å². The number of halogens is 2. The van der Waals surface area contributed by atoms with Gasteiger partial charge in [0.25, 0.3) is 0 Å². The molecule has 0 fully saturated rings. The van der Waals surface area contributed by atoms with Gasteiger partial charge >= 0.3 is 0 Å². The summed E-state index contributed by atoms with van der Waals surface area (Å²) < 4.78 is 0. The zero-order valence-corrected chi connectivity index (χ0v) is 12.1. The van der Waals surface area contributed by atoms with Crippen LogP contribution in [0.3, 0.4) is 0 Å². The highest BCUT2D eigenvalue weighted by atomic mass is 35.5. The van der Waals surface area contributed by atoms with E-state index in [1.807, 2.05) is 6.07 Å². The number of aromatic nitrogens is 1. The molecule has 0 bridgehead atoms. The minimum atomic E-state index is 0.617. The molecule has 2 aromatic rings. The summed E-state index contributed by atoms with van der Waals surface area (Å²) >= 11 is 12.3. The lowest BCUT2D eigenvalue weighted by molar-refractivity contribution is 0.268. The van der Waals surface area contributed by atoms with E-state index in [2.05, 4.69) is 30.0 Å². The summed E-state index contributed by atoms with van der Waals surface area (Å²) in [4.78, 5) is 5.75. The third-order valence-corrected chi connectivity index (χ3v) is 4.76. The maximum absolute atomic E-state index is 6.27. The number of nitrogens with zero attached hydrogens (tertiary/aromatic N) is 1. The van der Waals surface area contributed by atoms with Crippen molar-refractivity contribution in [3.8, 4) is 0 Å². The third-order valence-electron chi connectivity index (χ3n) is 3.96. The molecule has 4 heteroatoms. The fourth-order valence-corrected chi connectivity index (χ4v) is 3.22. The van der Waals surface area contributed by atoms with Crippen LogP contribution in [0.4, 0.5) is 0 Å². The van der Waals surface area contributed by atoms with Gasteiger partial charge in [-0.1, -0.05) is 29.3 Å². The lowest BCUT2D eigenvalue weighted by Crippen LogP contribution is -2.33. The average molecular weight is 283 g/mol. The molecule has 0 saturated heterocycles. The number of aryl methyl sites for hydroxylation is 1. The van der Waals surface area contributed by atoms with E-state index >= 15 is 0 Å². The predicted molar refractivity (Wildman–Crippen MR) is 77.8 cm³/mol. The van der Waals surface area contributed by atoms with Gasteiger partial charge < -0.3 is 9.88 Å². The van der Waals surface area contributed by atoms with Crippen LogP contribution in [0.15, 0.2) is 12.1 Å². The maximum Gasteiger partial charge on any atom is 0.0833 e. The van der Waals surface area contributed by atoms with E-state index in [0.29, 0.717) is 16.1 Å². The number of benzene rings is 1. The molecule has 3 rings (SSSR count). The molecule has 1 aromatic heterocycles. The van der Waals surface area contributed by atoms with Crippen LogP contribution in [-0.4, -0.2) is 30.0 Å². The number of nitrogens with one attached hydrogen (secondary N) is 1. The summed E-state index contributed by atoms with van der Waals surface area (Å²) in [6, 6.07) is 4.59. The first-order valence-electron chi connectivity index (χ1n) is 6.21. The van der Waals surface area contributed by atoms with Gasteiger partial charge in [0.05, 0.1) is 15.6 Å². The molecule has 1 aliphatic carbocycles. The minimum absolute atomic E-state index is 0.617. The Kier molecular flexibility index (Phi) is 3.05. The van der Waals surface area contributed by atoms with Crippen molar-refractivity contribution in [3.05, 3.63) is 33.4 Å². The first kappa shape index (κ1) is 12.3. The summed E-state index contributed by atoms with van der Waals surface area (Å²) in [5.41, 5.74) is 3.73. The highest BCUT2D eigenvalue weighted by molar-refractivity contribution is 6.45. The van der Waals surface area contributed by atoms with Crippen molar-refractivity contribution in [1.82, 2.24) is 9.88 Å². The van der Waals surface area contributed by atoms with Crippen LogP contribution >= 0.6 is 23.2 Å². The zero-order valence-electron chi connectivity index (χ0n) is 10.6. The number of aromatic amines is 1. The quantitative estimate of drug-likeness (QED) is 0.841. The summed E-state index contributed by atoms with van der Waals surface area (Å²) in [6.45, 7) is 0. The molecule has 1 heterocycles. The number of rotatable bonds is 1. The Labute approximate surface area is 117 Å². The van der Waals surface area contributed by atoms with Crippen LogP contribution in [-0.2, 0) is 12.8 Å². The smallest absolute Gasteiger partial charge is 0.0833 e. The highest BCUT2D eigenvalue weighted by Crippen LogP contribution is 2.36. The first-order valence-corrected chi connectivity index (χ1v) is 6.97. The summed E-state index contributed by atoms with van der Waals surface area (Å²) in [5.74, 6) is 0. The Hall–Kier alpha value is -0.700. The third kappa shape index (κ3) is 1.83. The Bertz CT molecular complexity index is 601. The Balaban J connectivity index is 2.14. The van der Waals surface area contributed by atoms with E-state index in [-0.39, 0.29) is 0 Å². The molecule has 1 aliphatic rings. The van der Waals surface area contributed by atoms with E-state index in [9.17, 15) is 0 Å². The zero-order chi connectivity index (χ0) is 12.9. The monoisotopic (exact) mass is 282 g/mol. The molecule has 0 radical (unpaired) electrons. The van der Waals surface area contributed by atoms with Crippen LogP contribution in [0.2, 0.25) is 10.0 Å². The Morgan fingerprint density at radius 3 is 2.78 bits per heavy atom. The summed E-state index contributed by atoms with van der Waals surface area (Å²) in [6.07, 6.45) is 3.36. The summed E-state index contributed by atoms with van der Waals surface area (Å²) in [5, 5.41) is 2.49. The molecule has 0 amide bonds. The van der Waals surface area contributed by atoms with Crippen LogP contribution in [0.25, 0.3) is 10.9 Å². The van der Waals surface area contributed by atoms with Crippen molar-refractivity contribution in [1.29, 1.82) is 0 Å². The number of hydrogen-bond donors (Lipinski definition) is 1. The fourth-order valence-electron chi connectivity index (χ4n) is 2.85. The largest absolute Gasteiger partial charge is 0.357 e. The second-order valence-corrected chi connectivity index (χ2v) is 6.01. The number of hydrogen-bond acceptors (Lipinski definition) is 1. The Morgan fingerprint density at radius 1 is 1.28 bits per heavy atom. The van der Waals surface area contributed by atoms with Crippen LogP contribution < -0.4 is 0 Å². The molecule has 96 valence electrons. The van der Waals surface area contributed by atoms with Crippen molar-refractivity contribution < 1.29 is 0 Å². The van der Waals surface area contributed by atoms with Gasteiger partial charge in [-0.05, 0) is 45.0 Å². The SMILES string of the molecule is CN(C)[C@@H]1CCc2[nH]c3c(Cl)c(Cl)ccc3c2C1. The number of likely N-dealkylation sites (N-methyl/N-ethyl adjacent to an activating group) is 1. The Morgan fingerprint density at radius 2 is 2.06 bits per heavy atom. The van der Waals surface area contributed by atoms with Crippen molar-refractivity contribution in [3.63, 3.8) is 0 Å². The maximum atomic E-state index is 6.27. The second-order valence-electron chi connectivity index (χ2n) is 5.23. The molecule has 0 aliphatic heterocycles. The molecule has 0 spiro atoms. The molecular weight excluding hydrogens is 267 g/mol. The number of fused-ring (bicyclic) bond motifs is 3. The lowest BCUT2D eigenvalue weighted by Gasteiger charge is -2.28. The molecule has 1 N–H and O–H groups in total. The van der Waals surface area contributed by atoms with Crippen LogP contribution in [0.1, 0.15) is 17.7 Å². The lowest BCUT2D eigenvalue weighted by atomic mass is 9.91. The van der Waals surface area contributed by atoms with E-state index < -0.39 is 0 Å². The minimum Gasteiger partial charge on any atom is -0.357 e. The van der Waals surface area contributed by atoms with E-state index in [1.165, 1.54) is 23.1 Å². The molecule has 1 atom stereocenters. The normalized spacial score (nSPS) is 19.5. The van der Waals surface area contributed by atoms with Gasteiger partial charge in [-0.2, -0.15) is 0 Å². The molecular formula is C14H16Cl2N2. The second kappa shape index (κ2) is 4.44. The van der Waals surface area contributed by atoms with Gasteiger partial charge in [0, 0.05) is 17.1 Å². The van der Waals surface area contributed by atoms with E-state index in [4.69, 9.17) is 23.2 Å². The van der Waals surface area contributed by atoms with E-state index in [1.54, 1.807) is 0 Å². The van der Waals surface area contributed by atoms with Crippen LogP contribution in [0, 0.1) is 0 Å². The van der Waals surface area contributed by atoms with Crippen molar-refractivity contribution in [2.45, 2.75) is 25.3 Å². The van der Waals surface area contributed by atoms with E-state index in [0.717, 1.165) is 18.4 Å². The molecule has 0 unspecified atom stereocenters. The highest BCUT2D eigenvalue weighted by Gasteiger charge is 2.24. The molecule has 2 nitrogen and oxygen atoms in total. The van der Waals surface area contributed by atoms with Gasteiger partial charge in [-0.25, -0.2) is 0 Å². The van der Waals surface area contributed by atoms with Crippen molar-refractivity contribution in [2.75, 3.05) is 14.1 Å². The predicted octanol–water partition coefficient (Wildman–Crippen LogP) is 3.89. The van der Waals surface area contributed by atoms with Gasteiger partial charge in [-0.3, -0.25) is 0 Å². The van der Waals surface area contributed by atoms with Gasteiger partial charge in [0.1, 0.15) is 0 Å².